The summed E-state index contributed by atoms with van der Waals surface area (Å²) in [6.07, 6.45) is 5.11. The topological polar surface area (TPSA) is 63.7 Å². The highest BCUT2D eigenvalue weighted by molar-refractivity contribution is 7.88. The molecule has 1 rings (SSSR count). The van der Waals surface area contributed by atoms with Crippen LogP contribution in [-0.2, 0) is 19.6 Å². The second-order valence-electron chi connectivity index (χ2n) is 4.73. The molecule has 0 aliphatic heterocycles. The fourth-order valence-corrected chi connectivity index (χ4v) is 3.05. The van der Waals surface area contributed by atoms with Crippen LogP contribution in [0.3, 0.4) is 0 Å². The minimum Gasteiger partial charge on any atom is -0.469 e. The maximum Gasteiger partial charge on any atom is 0.305 e. The second-order valence-corrected chi connectivity index (χ2v) is 6.78. The molecule has 1 aliphatic carbocycles. The molecule has 0 radical (unpaired) electrons. The first-order valence-electron chi connectivity index (χ1n) is 5.84. The van der Waals surface area contributed by atoms with Crippen LogP contribution in [0.15, 0.2) is 0 Å². The fraction of sp³-hybridized carbons (Fsp3) is 0.909. The van der Waals surface area contributed by atoms with Gasteiger partial charge in [-0.2, -0.15) is 0 Å². The Hall–Kier alpha value is -0.620. The Morgan fingerprint density at radius 2 is 1.82 bits per heavy atom. The Balaban J connectivity index is 2.43. The quantitative estimate of drug-likeness (QED) is 0.710. The molecule has 5 nitrogen and oxygen atoms in total. The first kappa shape index (κ1) is 14.4. The van der Waals surface area contributed by atoms with Gasteiger partial charge >= 0.3 is 5.97 Å². The number of hydrogen-bond donors (Lipinski definition) is 0. The SMILES string of the molecule is COC(=O)CC1CCC(N(C)S(C)(=O)=O)CC1. The summed E-state index contributed by atoms with van der Waals surface area (Å²) in [4.78, 5) is 11.1. The number of carbonyl (C=O) groups excluding carboxylic acids is 1. The van der Waals surface area contributed by atoms with Crippen LogP contribution in [-0.4, -0.2) is 45.1 Å². The molecule has 0 amide bonds. The number of carbonyl (C=O) groups is 1. The van der Waals surface area contributed by atoms with Gasteiger partial charge in [0.1, 0.15) is 0 Å². The van der Waals surface area contributed by atoms with Crippen LogP contribution in [0.4, 0.5) is 0 Å². The Morgan fingerprint density at radius 1 is 1.29 bits per heavy atom. The van der Waals surface area contributed by atoms with E-state index in [-0.39, 0.29) is 12.0 Å². The maximum atomic E-state index is 11.4. The van der Waals surface area contributed by atoms with Crippen LogP contribution in [0, 0.1) is 5.92 Å². The van der Waals surface area contributed by atoms with Crippen LogP contribution in [0.2, 0.25) is 0 Å². The molecule has 0 aromatic carbocycles. The summed E-state index contributed by atoms with van der Waals surface area (Å²) in [5.41, 5.74) is 0. The molecule has 0 bridgehead atoms. The lowest BCUT2D eigenvalue weighted by Crippen LogP contribution is -2.39. The van der Waals surface area contributed by atoms with E-state index in [0.29, 0.717) is 12.3 Å². The first-order chi connectivity index (χ1) is 7.84. The van der Waals surface area contributed by atoms with Gasteiger partial charge in [0, 0.05) is 19.5 Å². The van der Waals surface area contributed by atoms with E-state index in [1.165, 1.54) is 17.7 Å². The van der Waals surface area contributed by atoms with E-state index >= 15 is 0 Å². The van der Waals surface area contributed by atoms with Crippen molar-refractivity contribution in [1.29, 1.82) is 0 Å². The van der Waals surface area contributed by atoms with Crippen molar-refractivity contribution in [3.8, 4) is 0 Å². The summed E-state index contributed by atoms with van der Waals surface area (Å²) in [6, 6.07) is 0.0823. The monoisotopic (exact) mass is 263 g/mol. The largest absolute Gasteiger partial charge is 0.469 e. The molecule has 0 aromatic rings. The van der Waals surface area contributed by atoms with Gasteiger partial charge in [0.05, 0.1) is 13.4 Å². The molecular formula is C11H21NO4S. The normalized spacial score (nSPS) is 25.9. The number of sulfonamides is 1. The van der Waals surface area contributed by atoms with E-state index < -0.39 is 10.0 Å². The summed E-state index contributed by atoms with van der Waals surface area (Å²) in [7, 11) is -0.0861. The molecule has 0 unspecified atom stereocenters. The minimum atomic E-state index is -3.11. The lowest BCUT2D eigenvalue weighted by molar-refractivity contribution is -0.142. The van der Waals surface area contributed by atoms with Crippen molar-refractivity contribution in [2.75, 3.05) is 20.4 Å². The fourth-order valence-electron chi connectivity index (χ4n) is 2.30. The average molecular weight is 263 g/mol. The van der Waals surface area contributed by atoms with Crippen molar-refractivity contribution in [2.24, 2.45) is 5.92 Å². The molecule has 1 aliphatic rings. The Morgan fingerprint density at radius 3 is 2.24 bits per heavy atom. The highest BCUT2D eigenvalue weighted by Gasteiger charge is 2.29. The van der Waals surface area contributed by atoms with Crippen molar-refractivity contribution in [3.63, 3.8) is 0 Å². The summed E-state index contributed by atoms with van der Waals surface area (Å²) in [5.74, 6) is 0.163. The Bertz CT molecular complexity index is 358. The molecule has 0 heterocycles. The molecule has 17 heavy (non-hydrogen) atoms. The number of esters is 1. The molecular weight excluding hydrogens is 242 g/mol. The zero-order valence-corrected chi connectivity index (χ0v) is 11.5. The second kappa shape index (κ2) is 5.82. The van der Waals surface area contributed by atoms with E-state index in [2.05, 4.69) is 4.74 Å². The van der Waals surface area contributed by atoms with E-state index in [0.717, 1.165) is 25.7 Å². The maximum absolute atomic E-state index is 11.4. The molecule has 1 saturated carbocycles. The minimum absolute atomic E-state index is 0.0823. The van der Waals surface area contributed by atoms with Gasteiger partial charge in [-0.3, -0.25) is 4.79 Å². The van der Waals surface area contributed by atoms with Crippen LogP contribution in [0.25, 0.3) is 0 Å². The summed E-state index contributed by atoms with van der Waals surface area (Å²) >= 11 is 0. The summed E-state index contributed by atoms with van der Waals surface area (Å²) < 4.78 is 28.9. The standard InChI is InChI=1S/C11H21NO4S/c1-12(17(3,14)15)10-6-4-9(5-7-10)8-11(13)16-2/h9-10H,4-8H2,1-3H3. The van der Waals surface area contributed by atoms with Gasteiger partial charge in [0.15, 0.2) is 0 Å². The van der Waals surface area contributed by atoms with Crippen molar-refractivity contribution < 1.29 is 17.9 Å². The van der Waals surface area contributed by atoms with E-state index in [1.807, 2.05) is 0 Å². The van der Waals surface area contributed by atoms with Crippen molar-refractivity contribution >= 4 is 16.0 Å². The van der Waals surface area contributed by atoms with Gasteiger partial charge in [-0.25, -0.2) is 12.7 Å². The zero-order chi connectivity index (χ0) is 13.1. The Kier molecular flexibility index (Phi) is 4.94. The third kappa shape index (κ3) is 4.27. The molecule has 0 atom stereocenters. The highest BCUT2D eigenvalue weighted by Crippen LogP contribution is 2.30. The van der Waals surface area contributed by atoms with Crippen LogP contribution in [0.5, 0.6) is 0 Å². The van der Waals surface area contributed by atoms with Gasteiger partial charge in [-0.1, -0.05) is 0 Å². The van der Waals surface area contributed by atoms with Gasteiger partial charge in [0.2, 0.25) is 10.0 Å². The van der Waals surface area contributed by atoms with Crippen molar-refractivity contribution in [1.82, 2.24) is 4.31 Å². The number of ether oxygens (including phenoxy) is 1. The zero-order valence-electron chi connectivity index (χ0n) is 10.7. The van der Waals surface area contributed by atoms with Crippen molar-refractivity contribution in [2.45, 2.75) is 38.1 Å². The van der Waals surface area contributed by atoms with Crippen LogP contribution in [0.1, 0.15) is 32.1 Å². The van der Waals surface area contributed by atoms with Gasteiger partial charge < -0.3 is 4.74 Å². The number of methoxy groups -OCH3 is 1. The summed E-state index contributed by atoms with van der Waals surface area (Å²) in [6.45, 7) is 0. The highest BCUT2D eigenvalue weighted by atomic mass is 32.2. The van der Waals surface area contributed by atoms with E-state index in [1.54, 1.807) is 7.05 Å². The smallest absolute Gasteiger partial charge is 0.305 e. The molecule has 0 aromatic heterocycles. The molecule has 0 N–H and O–H groups in total. The number of nitrogens with zero attached hydrogens (tertiary/aromatic N) is 1. The molecule has 0 spiro atoms. The summed E-state index contributed by atoms with van der Waals surface area (Å²) in [5, 5.41) is 0. The molecule has 0 saturated heterocycles. The van der Waals surface area contributed by atoms with Gasteiger partial charge in [-0.15, -0.1) is 0 Å². The van der Waals surface area contributed by atoms with Gasteiger partial charge in [-0.05, 0) is 31.6 Å². The van der Waals surface area contributed by atoms with Crippen LogP contribution < -0.4 is 0 Å². The number of hydrogen-bond acceptors (Lipinski definition) is 4. The third-order valence-electron chi connectivity index (χ3n) is 3.54. The Labute approximate surface area is 103 Å². The van der Waals surface area contributed by atoms with Gasteiger partial charge in [0.25, 0.3) is 0 Å². The lowest BCUT2D eigenvalue weighted by atomic mass is 9.84. The molecule has 6 heteroatoms. The molecule has 100 valence electrons. The average Bonchev–Trinajstić information content (AvgIpc) is 2.27. The third-order valence-corrected chi connectivity index (χ3v) is 4.88. The van der Waals surface area contributed by atoms with E-state index in [9.17, 15) is 13.2 Å². The van der Waals surface area contributed by atoms with E-state index in [4.69, 9.17) is 0 Å². The predicted octanol–water partition coefficient (Wildman–Crippen LogP) is 1.000. The van der Waals surface area contributed by atoms with Crippen molar-refractivity contribution in [3.05, 3.63) is 0 Å². The molecule has 1 fully saturated rings. The predicted molar refractivity (Wildman–Crippen MR) is 65.0 cm³/mol. The lowest BCUT2D eigenvalue weighted by Gasteiger charge is -2.32. The first-order valence-corrected chi connectivity index (χ1v) is 7.69. The van der Waals surface area contributed by atoms with Crippen LogP contribution >= 0.6 is 0 Å². The number of rotatable bonds is 4.